The van der Waals surface area contributed by atoms with Crippen molar-refractivity contribution >= 4 is 23.5 Å². The molecule has 0 radical (unpaired) electrons. The van der Waals surface area contributed by atoms with Crippen molar-refractivity contribution in [1.29, 1.82) is 0 Å². The SMILES string of the molecule is CCNC(CCC1CC1)C1SCCSC1CC. The molecule has 1 aliphatic heterocycles. The van der Waals surface area contributed by atoms with E-state index in [-0.39, 0.29) is 0 Å². The summed E-state index contributed by atoms with van der Waals surface area (Å²) in [7, 11) is 0. The number of thioether (sulfide) groups is 2. The van der Waals surface area contributed by atoms with Gasteiger partial charge in [-0.15, -0.1) is 0 Å². The number of rotatable bonds is 7. The van der Waals surface area contributed by atoms with Gasteiger partial charge in [-0.3, -0.25) is 0 Å². The van der Waals surface area contributed by atoms with Crippen LogP contribution in [0.15, 0.2) is 0 Å². The first-order valence-corrected chi connectivity index (χ1v) is 9.41. The van der Waals surface area contributed by atoms with Crippen molar-refractivity contribution in [3.8, 4) is 0 Å². The van der Waals surface area contributed by atoms with E-state index in [2.05, 4.69) is 42.7 Å². The van der Waals surface area contributed by atoms with Gasteiger partial charge in [0, 0.05) is 28.0 Å². The Bertz CT molecular complexity index is 218. The zero-order valence-electron chi connectivity index (χ0n) is 11.3. The summed E-state index contributed by atoms with van der Waals surface area (Å²) >= 11 is 4.45. The Morgan fingerprint density at radius 2 is 1.94 bits per heavy atom. The molecule has 0 aromatic heterocycles. The molecule has 2 aliphatic rings. The van der Waals surface area contributed by atoms with Gasteiger partial charge in [-0.2, -0.15) is 23.5 Å². The Balaban J connectivity index is 1.86. The minimum absolute atomic E-state index is 0.767. The van der Waals surface area contributed by atoms with E-state index >= 15 is 0 Å². The average Bonchev–Trinajstić information content (AvgIpc) is 3.18. The van der Waals surface area contributed by atoms with Crippen molar-refractivity contribution in [2.75, 3.05) is 18.1 Å². The Morgan fingerprint density at radius 1 is 1.18 bits per heavy atom. The lowest BCUT2D eigenvalue weighted by atomic mass is 10.0. The largest absolute Gasteiger partial charge is 0.313 e. The van der Waals surface area contributed by atoms with Crippen LogP contribution in [0.4, 0.5) is 0 Å². The number of hydrogen-bond acceptors (Lipinski definition) is 3. The zero-order chi connectivity index (χ0) is 12.1. The normalized spacial score (nSPS) is 31.4. The van der Waals surface area contributed by atoms with E-state index in [0.29, 0.717) is 0 Å². The molecular formula is C14H27NS2. The molecule has 0 bridgehead atoms. The fourth-order valence-electron chi connectivity index (χ4n) is 2.78. The lowest BCUT2D eigenvalue weighted by molar-refractivity contribution is 0.441. The van der Waals surface area contributed by atoms with Gasteiger partial charge in [0.1, 0.15) is 0 Å². The van der Waals surface area contributed by atoms with E-state index in [1.807, 2.05) is 0 Å². The van der Waals surface area contributed by atoms with Crippen LogP contribution < -0.4 is 5.32 Å². The van der Waals surface area contributed by atoms with Crippen molar-refractivity contribution in [1.82, 2.24) is 5.32 Å². The molecule has 100 valence electrons. The van der Waals surface area contributed by atoms with Gasteiger partial charge in [0.05, 0.1) is 0 Å². The molecule has 0 amide bonds. The lowest BCUT2D eigenvalue weighted by Crippen LogP contribution is -2.45. The lowest BCUT2D eigenvalue weighted by Gasteiger charge is -2.36. The van der Waals surface area contributed by atoms with Gasteiger partial charge in [-0.25, -0.2) is 0 Å². The molecule has 0 aromatic rings. The molecule has 1 saturated heterocycles. The average molecular weight is 274 g/mol. The monoisotopic (exact) mass is 273 g/mol. The first-order chi connectivity index (χ1) is 8.35. The Morgan fingerprint density at radius 3 is 2.59 bits per heavy atom. The Labute approximate surface area is 115 Å². The highest BCUT2D eigenvalue weighted by atomic mass is 32.2. The summed E-state index contributed by atoms with van der Waals surface area (Å²) in [6.45, 7) is 5.75. The topological polar surface area (TPSA) is 12.0 Å². The minimum Gasteiger partial charge on any atom is -0.313 e. The van der Waals surface area contributed by atoms with Crippen molar-refractivity contribution in [2.24, 2.45) is 5.92 Å². The van der Waals surface area contributed by atoms with E-state index in [1.54, 1.807) is 0 Å². The summed E-state index contributed by atoms with van der Waals surface area (Å²) in [4.78, 5) is 0. The van der Waals surface area contributed by atoms with Gasteiger partial charge in [-0.05, 0) is 31.7 Å². The maximum absolute atomic E-state index is 3.77. The summed E-state index contributed by atoms with van der Waals surface area (Å²) < 4.78 is 0. The summed E-state index contributed by atoms with van der Waals surface area (Å²) in [5.41, 5.74) is 0. The van der Waals surface area contributed by atoms with E-state index < -0.39 is 0 Å². The van der Waals surface area contributed by atoms with Crippen LogP contribution in [0.2, 0.25) is 0 Å². The fourth-order valence-corrected chi connectivity index (χ4v) is 6.08. The van der Waals surface area contributed by atoms with Crippen LogP contribution >= 0.6 is 23.5 Å². The van der Waals surface area contributed by atoms with Crippen LogP contribution in [-0.2, 0) is 0 Å². The molecule has 17 heavy (non-hydrogen) atoms. The summed E-state index contributed by atoms with van der Waals surface area (Å²) in [5, 5.41) is 5.51. The van der Waals surface area contributed by atoms with E-state index in [9.17, 15) is 0 Å². The number of nitrogens with one attached hydrogen (secondary N) is 1. The van der Waals surface area contributed by atoms with Gasteiger partial charge in [-0.1, -0.05) is 26.7 Å². The third kappa shape index (κ3) is 4.36. The number of hydrogen-bond donors (Lipinski definition) is 1. The third-order valence-corrected chi connectivity index (χ3v) is 7.35. The van der Waals surface area contributed by atoms with E-state index in [0.717, 1.165) is 29.0 Å². The highest BCUT2D eigenvalue weighted by Gasteiger charge is 2.32. The predicted molar refractivity (Wildman–Crippen MR) is 82.2 cm³/mol. The van der Waals surface area contributed by atoms with Crippen LogP contribution in [0.1, 0.15) is 46.0 Å². The van der Waals surface area contributed by atoms with Gasteiger partial charge in [0.2, 0.25) is 0 Å². The van der Waals surface area contributed by atoms with Crippen LogP contribution in [0.5, 0.6) is 0 Å². The molecule has 1 N–H and O–H groups in total. The molecule has 1 aliphatic carbocycles. The van der Waals surface area contributed by atoms with Crippen LogP contribution in [-0.4, -0.2) is 34.6 Å². The second kappa shape index (κ2) is 7.30. The maximum atomic E-state index is 3.77. The third-order valence-electron chi connectivity index (χ3n) is 3.94. The van der Waals surface area contributed by atoms with Gasteiger partial charge in [0.25, 0.3) is 0 Å². The smallest absolute Gasteiger partial charge is 0.0320 e. The molecule has 3 unspecified atom stereocenters. The first kappa shape index (κ1) is 14.1. The molecule has 2 fully saturated rings. The molecular weight excluding hydrogens is 246 g/mol. The quantitative estimate of drug-likeness (QED) is 0.758. The van der Waals surface area contributed by atoms with Gasteiger partial charge >= 0.3 is 0 Å². The molecule has 1 nitrogen and oxygen atoms in total. The Hall–Kier alpha value is 0.660. The van der Waals surface area contributed by atoms with Gasteiger partial charge in [0.15, 0.2) is 0 Å². The summed E-state index contributed by atoms with van der Waals surface area (Å²) in [6.07, 6.45) is 7.22. The van der Waals surface area contributed by atoms with Crippen molar-refractivity contribution in [3.63, 3.8) is 0 Å². The minimum atomic E-state index is 0.767. The fraction of sp³-hybridized carbons (Fsp3) is 1.00. The first-order valence-electron chi connectivity index (χ1n) is 7.31. The summed E-state index contributed by atoms with van der Waals surface area (Å²) in [6, 6.07) is 0.767. The van der Waals surface area contributed by atoms with Crippen molar-refractivity contribution in [2.45, 2.75) is 62.5 Å². The standard InChI is InChI=1S/C14H27NS2/c1-3-13-14(17-10-9-16-13)12(15-4-2)8-7-11-5-6-11/h11-15H,3-10H2,1-2H3. The van der Waals surface area contributed by atoms with E-state index in [4.69, 9.17) is 0 Å². The van der Waals surface area contributed by atoms with Crippen LogP contribution in [0, 0.1) is 5.92 Å². The molecule has 1 saturated carbocycles. The molecule has 1 heterocycles. The maximum Gasteiger partial charge on any atom is 0.0320 e. The molecule has 0 aromatic carbocycles. The van der Waals surface area contributed by atoms with Crippen molar-refractivity contribution < 1.29 is 0 Å². The highest BCUT2D eigenvalue weighted by Crippen LogP contribution is 2.39. The van der Waals surface area contributed by atoms with Crippen molar-refractivity contribution in [3.05, 3.63) is 0 Å². The summed E-state index contributed by atoms with van der Waals surface area (Å²) in [5.74, 6) is 3.80. The zero-order valence-corrected chi connectivity index (χ0v) is 12.9. The second-order valence-electron chi connectivity index (χ2n) is 5.34. The molecule has 3 atom stereocenters. The molecule has 2 rings (SSSR count). The second-order valence-corrected chi connectivity index (χ2v) is 7.97. The molecule has 0 spiro atoms. The predicted octanol–water partition coefficient (Wildman–Crippen LogP) is 3.78. The highest BCUT2D eigenvalue weighted by molar-refractivity contribution is 8.07. The van der Waals surface area contributed by atoms with Crippen LogP contribution in [0.3, 0.4) is 0 Å². The van der Waals surface area contributed by atoms with Crippen LogP contribution in [0.25, 0.3) is 0 Å². The Kier molecular flexibility index (Phi) is 6.04. The van der Waals surface area contributed by atoms with E-state index in [1.165, 1.54) is 43.6 Å². The molecule has 3 heteroatoms. The van der Waals surface area contributed by atoms with Gasteiger partial charge < -0.3 is 5.32 Å².